The van der Waals surface area contributed by atoms with E-state index in [1.165, 1.54) is 0 Å². The van der Waals surface area contributed by atoms with Crippen LogP contribution in [0.5, 0.6) is 0 Å². The standard InChI is InChI=1S/C32H33NO3/c1-31(2,3)36-30(34)33-29(25-16-8-4-9-17-25)24-35-32(26-18-10-5-11-19-26,27-20-12-6-13-21-27)28-22-14-7-15-23-28/h4-23,29H,24H2,1-3H3,(H,33,34). The highest BCUT2D eigenvalue weighted by molar-refractivity contribution is 5.68. The third-order valence-electron chi connectivity index (χ3n) is 5.90. The summed E-state index contributed by atoms with van der Waals surface area (Å²) >= 11 is 0. The molecule has 4 nitrogen and oxygen atoms in total. The molecule has 0 saturated carbocycles. The fourth-order valence-electron chi connectivity index (χ4n) is 4.33. The largest absolute Gasteiger partial charge is 0.444 e. The molecule has 0 fully saturated rings. The minimum absolute atomic E-state index is 0.224. The average molecular weight is 480 g/mol. The van der Waals surface area contributed by atoms with E-state index >= 15 is 0 Å². The summed E-state index contributed by atoms with van der Waals surface area (Å²) in [5.74, 6) is 0. The van der Waals surface area contributed by atoms with Crippen molar-refractivity contribution in [3.05, 3.63) is 144 Å². The Morgan fingerprint density at radius 3 is 1.44 bits per heavy atom. The summed E-state index contributed by atoms with van der Waals surface area (Å²) in [6.45, 7) is 5.78. The second-order valence-corrected chi connectivity index (χ2v) is 9.70. The summed E-state index contributed by atoms with van der Waals surface area (Å²) in [5, 5.41) is 3.03. The summed E-state index contributed by atoms with van der Waals surface area (Å²) in [4.78, 5) is 12.8. The summed E-state index contributed by atoms with van der Waals surface area (Å²) < 4.78 is 12.5. The minimum Gasteiger partial charge on any atom is -0.444 e. The second-order valence-electron chi connectivity index (χ2n) is 9.70. The van der Waals surface area contributed by atoms with Gasteiger partial charge in [-0.3, -0.25) is 0 Å². The van der Waals surface area contributed by atoms with E-state index < -0.39 is 23.3 Å². The van der Waals surface area contributed by atoms with Crippen LogP contribution in [0.15, 0.2) is 121 Å². The minimum atomic E-state index is -0.883. The molecule has 4 aromatic rings. The predicted molar refractivity (Wildman–Crippen MR) is 144 cm³/mol. The second kappa shape index (κ2) is 11.2. The highest BCUT2D eigenvalue weighted by atomic mass is 16.6. The quantitative estimate of drug-likeness (QED) is 0.271. The first kappa shape index (κ1) is 25.2. The molecule has 0 aliphatic rings. The molecule has 0 aliphatic heterocycles. The van der Waals surface area contributed by atoms with Crippen molar-refractivity contribution in [2.24, 2.45) is 0 Å². The van der Waals surface area contributed by atoms with Crippen LogP contribution in [-0.2, 0) is 15.1 Å². The van der Waals surface area contributed by atoms with Crippen molar-refractivity contribution in [3.8, 4) is 0 Å². The van der Waals surface area contributed by atoms with E-state index in [2.05, 4.69) is 41.7 Å². The van der Waals surface area contributed by atoms with Crippen LogP contribution in [0.1, 0.15) is 49.1 Å². The van der Waals surface area contributed by atoms with Crippen molar-refractivity contribution < 1.29 is 14.3 Å². The number of amides is 1. The number of rotatable bonds is 8. The lowest BCUT2D eigenvalue weighted by molar-refractivity contribution is -0.00435. The Labute approximate surface area is 213 Å². The van der Waals surface area contributed by atoms with Crippen LogP contribution < -0.4 is 5.32 Å². The van der Waals surface area contributed by atoms with Gasteiger partial charge in [0.25, 0.3) is 0 Å². The van der Waals surface area contributed by atoms with Gasteiger partial charge in [-0.05, 0) is 43.0 Å². The molecule has 4 heteroatoms. The van der Waals surface area contributed by atoms with E-state index in [4.69, 9.17) is 9.47 Å². The van der Waals surface area contributed by atoms with Gasteiger partial charge < -0.3 is 14.8 Å². The molecule has 0 spiro atoms. The molecule has 1 amide bonds. The van der Waals surface area contributed by atoms with Crippen molar-refractivity contribution in [3.63, 3.8) is 0 Å². The monoisotopic (exact) mass is 479 g/mol. The molecule has 0 saturated heterocycles. The van der Waals surface area contributed by atoms with E-state index in [0.29, 0.717) is 0 Å². The summed E-state index contributed by atoms with van der Waals surface area (Å²) in [5.41, 5.74) is 2.47. The zero-order chi connectivity index (χ0) is 25.4. The van der Waals surface area contributed by atoms with Gasteiger partial charge in [-0.1, -0.05) is 121 Å². The Morgan fingerprint density at radius 1 is 0.667 bits per heavy atom. The number of carbonyl (C=O) groups excluding carboxylic acids is 1. The molecule has 184 valence electrons. The van der Waals surface area contributed by atoms with Gasteiger partial charge in [0.1, 0.15) is 11.2 Å². The molecule has 1 N–H and O–H groups in total. The lowest BCUT2D eigenvalue weighted by atomic mass is 9.80. The summed E-state index contributed by atoms with van der Waals surface area (Å²) in [6.07, 6.45) is -0.482. The van der Waals surface area contributed by atoms with Crippen LogP contribution in [0.3, 0.4) is 0 Å². The first-order chi connectivity index (χ1) is 17.4. The molecule has 0 aliphatic carbocycles. The fraction of sp³-hybridized carbons (Fsp3) is 0.219. The number of hydrogen-bond donors (Lipinski definition) is 1. The Balaban J connectivity index is 1.77. The van der Waals surface area contributed by atoms with Crippen LogP contribution in [0.4, 0.5) is 4.79 Å². The molecular weight excluding hydrogens is 446 g/mol. The number of alkyl carbamates (subject to hydrolysis) is 1. The van der Waals surface area contributed by atoms with E-state index in [0.717, 1.165) is 22.3 Å². The van der Waals surface area contributed by atoms with Crippen LogP contribution in [0, 0.1) is 0 Å². The average Bonchev–Trinajstić information content (AvgIpc) is 2.90. The molecular formula is C32H33NO3. The van der Waals surface area contributed by atoms with E-state index in [1.54, 1.807) is 0 Å². The molecule has 1 atom stereocenters. The topological polar surface area (TPSA) is 47.6 Å². The predicted octanol–water partition coefficient (Wildman–Crippen LogP) is 7.26. The molecule has 0 heterocycles. The summed E-state index contributed by atoms with van der Waals surface area (Å²) in [7, 11) is 0. The molecule has 0 radical (unpaired) electrons. The zero-order valence-corrected chi connectivity index (χ0v) is 21.1. The third-order valence-corrected chi connectivity index (χ3v) is 5.90. The smallest absolute Gasteiger partial charge is 0.408 e. The zero-order valence-electron chi connectivity index (χ0n) is 21.1. The SMILES string of the molecule is CC(C)(C)OC(=O)NC(COC(c1ccccc1)(c1ccccc1)c1ccccc1)c1ccccc1. The van der Waals surface area contributed by atoms with Crippen molar-refractivity contribution in [1.82, 2.24) is 5.32 Å². The molecule has 36 heavy (non-hydrogen) atoms. The molecule has 1 unspecified atom stereocenters. The highest BCUT2D eigenvalue weighted by Crippen LogP contribution is 2.41. The molecule has 4 rings (SSSR count). The van der Waals surface area contributed by atoms with Gasteiger partial charge in [0, 0.05) is 0 Å². The van der Waals surface area contributed by atoms with Crippen molar-refractivity contribution in [1.29, 1.82) is 0 Å². The van der Waals surface area contributed by atoms with Crippen molar-refractivity contribution in [2.75, 3.05) is 6.61 Å². The normalized spacial score (nSPS) is 12.5. The van der Waals surface area contributed by atoms with Gasteiger partial charge in [-0.2, -0.15) is 0 Å². The van der Waals surface area contributed by atoms with Crippen molar-refractivity contribution in [2.45, 2.75) is 38.0 Å². The first-order valence-electron chi connectivity index (χ1n) is 12.2. The maximum atomic E-state index is 12.8. The third kappa shape index (κ3) is 6.02. The number of hydrogen-bond acceptors (Lipinski definition) is 3. The van der Waals surface area contributed by atoms with Crippen LogP contribution in [-0.4, -0.2) is 18.3 Å². The van der Waals surface area contributed by atoms with Gasteiger partial charge >= 0.3 is 6.09 Å². The van der Waals surface area contributed by atoms with Gasteiger partial charge in [-0.25, -0.2) is 4.79 Å². The Morgan fingerprint density at radius 2 is 1.06 bits per heavy atom. The van der Waals surface area contributed by atoms with E-state index in [1.807, 2.05) is 106 Å². The fourth-order valence-corrected chi connectivity index (χ4v) is 4.33. The van der Waals surface area contributed by atoms with E-state index in [-0.39, 0.29) is 6.61 Å². The molecule has 4 aromatic carbocycles. The maximum absolute atomic E-state index is 12.8. The number of benzene rings is 4. The van der Waals surface area contributed by atoms with Crippen LogP contribution in [0.25, 0.3) is 0 Å². The van der Waals surface area contributed by atoms with Gasteiger partial charge in [-0.15, -0.1) is 0 Å². The molecule has 0 aromatic heterocycles. The van der Waals surface area contributed by atoms with Gasteiger partial charge in [0.15, 0.2) is 0 Å². The number of ether oxygens (including phenoxy) is 2. The van der Waals surface area contributed by atoms with Crippen LogP contribution >= 0.6 is 0 Å². The van der Waals surface area contributed by atoms with Gasteiger partial charge in [0.2, 0.25) is 0 Å². The number of carbonyl (C=O) groups is 1. The lowest BCUT2D eigenvalue weighted by Crippen LogP contribution is -2.40. The Kier molecular flexibility index (Phi) is 7.87. The van der Waals surface area contributed by atoms with Crippen LogP contribution in [0.2, 0.25) is 0 Å². The Hall–Kier alpha value is -3.89. The van der Waals surface area contributed by atoms with E-state index in [9.17, 15) is 4.79 Å². The maximum Gasteiger partial charge on any atom is 0.408 e. The lowest BCUT2D eigenvalue weighted by Gasteiger charge is -2.37. The first-order valence-corrected chi connectivity index (χ1v) is 12.2. The van der Waals surface area contributed by atoms with Gasteiger partial charge in [0.05, 0.1) is 12.6 Å². The number of nitrogens with one attached hydrogen (secondary N) is 1. The van der Waals surface area contributed by atoms with Crippen molar-refractivity contribution >= 4 is 6.09 Å². The highest BCUT2D eigenvalue weighted by Gasteiger charge is 2.38. The molecule has 0 bridgehead atoms. The summed E-state index contributed by atoms with van der Waals surface area (Å²) in [6, 6.07) is 40.0. The Bertz CT molecular complexity index is 1120.